The van der Waals surface area contributed by atoms with Crippen molar-refractivity contribution in [3.63, 3.8) is 0 Å². The van der Waals surface area contributed by atoms with Gasteiger partial charge in [-0.1, -0.05) is 11.3 Å². The van der Waals surface area contributed by atoms with Gasteiger partial charge in [-0.2, -0.15) is 0 Å². The zero-order valence-corrected chi connectivity index (χ0v) is 12.9. The molecular formula is C15H13N5OS. The Balaban J connectivity index is 1.77. The predicted octanol–water partition coefficient (Wildman–Crippen LogP) is 3.33. The molecule has 3 heterocycles. The van der Waals surface area contributed by atoms with Crippen LogP contribution in [0, 0.1) is 0 Å². The summed E-state index contributed by atoms with van der Waals surface area (Å²) < 4.78 is 8.44. The van der Waals surface area contributed by atoms with Gasteiger partial charge in [-0.05, 0) is 12.1 Å². The highest BCUT2D eigenvalue weighted by molar-refractivity contribution is 7.22. The normalized spacial score (nSPS) is 11.2. The van der Waals surface area contributed by atoms with Gasteiger partial charge in [-0.3, -0.25) is 4.98 Å². The summed E-state index contributed by atoms with van der Waals surface area (Å²) in [7, 11) is 3.62. The fourth-order valence-electron chi connectivity index (χ4n) is 2.37. The van der Waals surface area contributed by atoms with E-state index in [-0.39, 0.29) is 0 Å². The molecule has 0 fully saturated rings. The van der Waals surface area contributed by atoms with Crippen LogP contribution in [0.2, 0.25) is 0 Å². The Morgan fingerprint density at radius 3 is 3.05 bits per heavy atom. The van der Waals surface area contributed by atoms with Crippen LogP contribution in [0.1, 0.15) is 0 Å². The summed E-state index contributed by atoms with van der Waals surface area (Å²) in [6, 6.07) is 5.93. The van der Waals surface area contributed by atoms with Crippen LogP contribution in [0.3, 0.4) is 0 Å². The number of aryl methyl sites for hydroxylation is 1. The van der Waals surface area contributed by atoms with Gasteiger partial charge >= 0.3 is 0 Å². The van der Waals surface area contributed by atoms with Gasteiger partial charge < -0.3 is 14.6 Å². The van der Waals surface area contributed by atoms with Crippen molar-refractivity contribution in [1.82, 2.24) is 19.5 Å². The van der Waals surface area contributed by atoms with Crippen LogP contribution in [0.25, 0.3) is 21.3 Å². The minimum absolute atomic E-state index is 0.737. The Kier molecular flexibility index (Phi) is 2.93. The van der Waals surface area contributed by atoms with Gasteiger partial charge in [0.1, 0.15) is 11.4 Å². The van der Waals surface area contributed by atoms with Crippen molar-refractivity contribution in [2.45, 2.75) is 0 Å². The molecule has 0 saturated heterocycles. The summed E-state index contributed by atoms with van der Waals surface area (Å²) >= 11 is 1.59. The van der Waals surface area contributed by atoms with E-state index in [1.807, 2.05) is 30.1 Å². The van der Waals surface area contributed by atoms with Crippen LogP contribution in [0.15, 0.2) is 36.9 Å². The molecule has 0 amide bonds. The number of imidazole rings is 1. The van der Waals surface area contributed by atoms with Crippen LogP contribution in [0.4, 0.5) is 10.8 Å². The maximum absolute atomic E-state index is 5.32. The lowest BCUT2D eigenvalue weighted by molar-refractivity contribution is 0.416. The van der Waals surface area contributed by atoms with E-state index >= 15 is 0 Å². The molecule has 0 radical (unpaired) electrons. The number of pyridine rings is 1. The van der Waals surface area contributed by atoms with E-state index in [2.05, 4.69) is 26.3 Å². The number of hydrogen-bond acceptors (Lipinski definition) is 6. The third-order valence-corrected chi connectivity index (χ3v) is 4.41. The van der Waals surface area contributed by atoms with Crippen LogP contribution < -0.4 is 10.1 Å². The van der Waals surface area contributed by atoms with Crippen molar-refractivity contribution < 1.29 is 4.74 Å². The van der Waals surface area contributed by atoms with E-state index in [1.165, 1.54) is 0 Å². The molecule has 0 atom stereocenters. The number of hydrogen-bond donors (Lipinski definition) is 1. The van der Waals surface area contributed by atoms with Crippen molar-refractivity contribution >= 4 is 43.4 Å². The van der Waals surface area contributed by atoms with E-state index in [0.717, 1.165) is 37.8 Å². The first-order chi connectivity index (χ1) is 10.7. The Morgan fingerprint density at radius 1 is 1.27 bits per heavy atom. The topological polar surface area (TPSA) is 64.9 Å². The molecule has 0 aliphatic carbocycles. The van der Waals surface area contributed by atoms with Crippen molar-refractivity contribution in [2.24, 2.45) is 7.05 Å². The molecule has 0 spiro atoms. The van der Waals surface area contributed by atoms with Crippen molar-refractivity contribution in [3.8, 4) is 5.75 Å². The summed E-state index contributed by atoms with van der Waals surface area (Å²) in [4.78, 5) is 13.1. The van der Waals surface area contributed by atoms with Gasteiger partial charge in [-0.15, -0.1) is 0 Å². The van der Waals surface area contributed by atoms with E-state index in [9.17, 15) is 0 Å². The third-order valence-electron chi connectivity index (χ3n) is 3.48. The number of nitrogens with zero attached hydrogens (tertiary/aromatic N) is 4. The standard InChI is InChI=1S/C15H13N5OS/c1-20-8-17-9-5-10-14(6-12(9)20)22-15(18-10)19-11-7-16-4-3-13(11)21-2/h3-8H,1-2H3,(H,18,19). The average molecular weight is 311 g/mol. The largest absolute Gasteiger partial charge is 0.494 e. The lowest BCUT2D eigenvalue weighted by atomic mass is 10.3. The summed E-state index contributed by atoms with van der Waals surface area (Å²) in [5.41, 5.74) is 3.78. The first kappa shape index (κ1) is 13.0. The first-order valence-electron chi connectivity index (χ1n) is 6.71. The van der Waals surface area contributed by atoms with Gasteiger partial charge in [0, 0.05) is 19.3 Å². The lowest BCUT2D eigenvalue weighted by Crippen LogP contribution is -1.94. The number of thiazole rings is 1. The SMILES string of the molecule is COc1ccncc1Nc1nc2cc3ncn(C)c3cc2s1. The highest BCUT2D eigenvalue weighted by atomic mass is 32.1. The van der Waals surface area contributed by atoms with Gasteiger partial charge in [0.2, 0.25) is 0 Å². The summed E-state index contributed by atoms with van der Waals surface area (Å²) in [5, 5.41) is 4.07. The Morgan fingerprint density at radius 2 is 2.18 bits per heavy atom. The van der Waals surface area contributed by atoms with Crippen molar-refractivity contribution in [2.75, 3.05) is 12.4 Å². The molecule has 0 bridgehead atoms. The lowest BCUT2D eigenvalue weighted by Gasteiger charge is -2.07. The van der Waals surface area contributed by atoms with E-state index in [1.54, 1.807) is 30.8 Å². The Labute approximate surface area is 130 Å². The molecule has 0 unspecified atom stereocenters. The Bertz CT molecular complexity index is 975. The molecule has 4 aromatic rings. The number of nitrogens with one attached hydrogen (secondary N) is 1. The van der Waals surface area contributed by atoms with Crippen LogP contribution in [-0.2, 0) is 7.05 Å². The van der Waals surface area contributed by atoms with E-state index in [0.29, 0.717) is 0 Å². The summed E-state index contributed by atoms with van der Waals surface area (Å²) in [6.45, 7) is 0. The second-order valence-corrected chi connectivity index (χ2v) is 5.91. The Hall–Kier alpha value is -2.67. The molecule has 22 heavy (non-hydrogen) atoms. The number of rotatable bonds is 3. The molecule has 110 valence electrons. The fraction of sp³-hybridized carbons (Fsp3) is 0.133. The highest BCUT2D eigenvalue weighted by Crippen LogP contribution is 2.33. The molecule has 1 N–H and O–H groups in total. The van der Waals surface area contributed by atoms with Gasteiger partial charge in [0.15, 0.2) is 5.13 Å². The molecule has 0 aliphatic heterocycles. The minimum Gasteiger partial charge on any atom is -0.494 e. The maximum Gasteiger partial charge on any atom is 0.188 e. The third kappa shape index (κ3) is 2.06. The molecular weight excluding hydrogens is 298 g/mol. The van der Waals surface area contributed by atoms with Gasteiger partial charge in [0.25, 0.3) is 0 Å². The second kappa shape index (κ2) is 4.96. The molecule has 3 aromatic heterocycles. The van der Waals surface area contributed by atoms with Gasteiger partial charge in [-0.25, -0.2) is 9.97 Å². The van der Waals surface area contributed by atoms with E-state index in [4.69, 9.17) is 4.74 Å². The fourth-order valence-corrected chi connectivity index (χ4v) is 3.26. The van der Waals surface area contributed by atoms with Gasteiger partial charge in [0.05, 0.1) is 40.9 Å². The maximum atomic E-state index is 5.32. The van der Waals surface area contributed by atoms with Crippen molar-refractivity contribution in [1.29, 1.82) is 0 Å². The van der Waals surface area contributed by atoms with Crippen LogP contribution >= 0.6 is 11.3 Å². The summed E-state index contributed by atoms with van der Waals surface area (Å²) in [6.07, 6.45) is 5.23. The molecule has 6 nitrogen and oxygen atoms in total. The smallest absolute Gasteiger partial charge is 0.188 e. The zero-order chi connectivity index (χ0) is 15.1. The number of fused-ring (bicyclic) bond motifs is 2. The minimum atomic E-state index is 0.737. The predicted molar refractivity (Wildman–Crippen MR) is 88.0 cm³/mol. The number of aromatic nitrogens is 4. The molecule has 0 saturated carbocycles. The van der Waals surface area contributed by atoms with Crippen LogP contribution in [0.5, 0.6) is 5.75 Å². The average Bonchev–Trinajstić information content (AvgIpc) is 3.09. The molecule has 7 heteroatoms. The second-order valence-electron chi connectivity index (χ2n) is 4.88. The molecule has 0 aliphatic rings. The number of anilines is 2. The molecule has 1 aromatic carbocycles. The monoisotopic (exact) mass is 311 g/mol. The van der Waals surface area contributed by atoms with Crippen molar-refractivity contribution in [3.05, 3.63) is 36.9 Å². The highest BCUT2D eigenvalue weighted by Gasteiger charge is 2.10. The number of methoxy groups -OCH3 is 1. The zero-order valence-electron chi connectivity index (χ0n) is 12.1. The van der Waals surface area contributed by atoms with Crippen LogP contribution in [-0.4, -0.2) is 26.6 Å². The number of benzene rings is 1. The quantitative estimate of drug-likeness (QED) is 0.628. The number of ether oxygens (including phenoxy) is 1. The summed E-state index contributed by atoms with van der Waals surface area (Å²) in [5.74, 6) is 0.737. The van der Waals surface area contributed by atoms with E-state index < -0.39 is 0 Å². The molecule has 4 rings (SSSR count). The first-order valence-corrected chi connectivity index (χ1v) is 7.53.